The van der Waals surface area contributed by atoms with Crippen molar-refractivity contribution in [2.24, 2.45) is 0 Å². The van der Waals surface area contributed by atoms with Crippen molar-refractivity contribution in [3.63, 3.8) is 0 Å². The largest absolute Gasteiger partial charge is 0.477 e. The van der Waals surface area contributed by atoms with Gasteiger partial charge in [-0.25, -0.2) is 22.0 Å². The first-order valence-electron chi connectivity index (χ1n) is 5.06. The first-order chi connectivity index (χ1) is 9.29. The van der Waals surface area contributed by atoms with E-state index in [1.165, 1.54) is 0 Å². The number of carboxylic acid groups (broad SMARTS) is 1. The summed E-state index contributed by atoms with van der Waals surface area (Å²) in [5, 5.41) is 14.2. The summed E-state index contributed by atoms with van der Waals surface area (Å²) < 4.78 is 51.3. The van der Waals surface area contributed by atoms with Crippen LogP contribution in [0, 0.1) is 11.6 Å². The van der Waals surface area contributed by atoms with Gasteiger partial charge in [0.15, 0.2) is 17.5 Å². The average Bonchev–Trinajstić information content (AvgIpc) is 2.80. The van der Waals surface area contributed by atoms with Crippen molar-refractivity contribution < 1.29 is 27.1 Å². The lowest BCUT2D eigenvalue weighted by Crippen LogP contribution is -2.13. The molecule has 0 atom stereocenters. The predicted octanol–water partition coefficient (Wildman–Crippen LogP) is 1.19. The van der Waals surface area contributed by atoms with Crippen molar-refractivity contribution in [3.8, 4) is 0 Å². The van der Waals surface area contributed by atoms with Gasteiger partial charge in [-0.2, -0.15) is 5.10 Å². The van der Waals surface area contributed by atoms with Crippen LogP contribution in [0.1, 0.15) is 10.5 Å². The molecule has 1 heterocycles. The van der Waals surface area contributed by atoms with Crippen LogP contribution in [0.15, 0.2) is 29.2 Å². The van der Waals surface area contributed by atoms with E-state index in [2.05, 4.69) is 10.2 Å². The second-order valence-electron chi connectivity index (χ2n) is 3.65. The summed E-state index contributed by atoms with van der Waals surface area (Å²) >= 11 is 0. The molecule has 10 heteroatoms. The number of carboxylic acids is 1. The molecule has 3 N–H and O–H groups in total. The van der Waals surface area contributed by atoms with Crippen LogP contribution in [-0.2, 0) is 10.0 Å². The number of aromatic carboxylic acids is 1. The normalized spacial score (nSPS) is 11.3. The third-order valence-electron chi connectivity index (χ3n) is 2.25. The van der Waals surface area contributed by atoms with Gasteiger partial charge in [0.25, 0.3) is 10.0 Å². The van der Waals surface area contributed by atoms with E-state index in [0.29, 0.717) is 12.1 Å². The summed E-state index contributed by atoms with van der Waals surface area (Å²) in [6.07, 6.45) is 0. The lowest BCUT2D eigenvalue weighted by molar-refractivity contribution is 0.0690. The summed E-state index contributed by atoms with van der Waals surface area (Å²) in [7, 11) is -4.20. The van der Waals surface area contributed by atoms with Crippen LogP contribution < -0.4 is 4.72 Å². The summed E-state index contributed by atoms with van der Waals surface area (Å²) in [5.74, 6) is -4.11. The highest BCUT2D eigenvalue weighted by Gasteiger charge is 2.18. The molecule has 0 aliphatic rings. The summed E-state index contributed by atoms with van der Waals surface area (Å²) in [6, 6.07) is 2.98. The van der Waals surface area contributed by atoms with Gasteiger partial charge < -0.3 is 5.11 Å². The van der Waals surface area contributed by atoms with Gasteiger partial charge in [-0.05, 0) is 18.2 Å². The van der Waals surface area contributed by atoms with Crippen LogP contribution in [-0.4, -0.2) is 29.7 Å². The molecule has 2 aromatic rings. The van der Waals surface area contributed by atoms with E-state index in [0.717, 1.165) is 12.1 Å². The van der Waals surface area contributed by atoms with Crippen molar-refractivity contribution in [3.05, 3.63) is 41.6 Å². The van der Waals surface area contributed by atoms with Crippen molar-refractivity contribution in [2.75, 3.05) is 4.72 Å². The third-order valence-corrected chi connectivity index (χ3v) is 3.60. The molecule has 0 spiro atoms. The second-order valence-corrected chi connectivity index (χ2v) is 5.34. The van der Waals surface area contributed by atoms with E-state index in [4.69, 9.17) is 5.11 Å². The van der Waals surface area contributed by atoms with Crippen LogP contribution in [0.3, 0.4) is 0 Å². The average molecular weight is 303 g/mol. The molecule has 7 nitrogen and oxygen atoms in total. The van der Waals surface area contributed by atoms with E-state index >= 15 is 0 Å². The maximum atomic E-state index is 13.0. The Bertz CT molecular complexity index is 773. The van der Waals surface area contributed by atoms with E-state index in [1.807, 2.05) is 4.72 Å². The smallest absolute Gasteiger partial charge is 0.353 e. The first kappa shape index (κ1) is 13.9. The molecule has 0 aliphatic carbocycles. The number of H-pyrrole nitrogens is 1. The van der Waals surface area contributed by atoms with Gasteiger partial charge in [0, 0.05) is 6.07 Å². The maximum absolute atomic E-state index is 13.0. The Balaban J connectivity index is 2.30. The second kappa shape index (κ2) is 4.89. The van der Waals surface area contributed by atoms with Gasteiger partial charge in [-0.15, -0.1) is 0 Å². The maximum Gasteiger partial charge on any atom is 0.353 e. The predicted molar refractivity (Wildman–Crippen MR) is 62.7 cm³/mol. The minimum atomic E-state index is -4.20. The fraction of sp³-hybridized carbons (Fsp3) is 0. The molecule has 20 heavy (non-hydrogen) atoms. The number of hydrogen-bond acceptors (Lipinski definition) is 4. The summed E-state index contributed by atoms with van der Waals surface area (Å²) in [4.78, 5) is 10.1. The lowest BCUT2D eigenvalue weighted by Gasteiger charge is -2.05. The molecule has 0 fully saturated rings. The number of nitrogens with one attached hydrogen (secondary N) is 2. The number of carbonyl (C=O) groups is 1. The zero-order valence-electron chi connectivity index (χ0n) is 9.59. The highest BCUT2D eigenvalue weighted by atomic mass is 32.2. The van der Waals surface area contributed by atoms with Gasteiger partial charge >= 0.3 is 5.97 Å². The Morgan fingerprint density at radius 2 is 1.95 bits per heavy atom. The number of hydrogen-bond donors (Lipinski definition) is 3. The standard InChI is InChI=1S/C10H7F2N3O4S/c11-6-2-1-5(3-7(6)12)20(18,19)15-9-4-8(10(16)17)13-14-9/h1-4H,(H,16,17)(H2,13,14,15). The molecular formula is C10H7F2N3O4S. The molecule has 0 bridgehead atoms. The van der Waals surface area contributed by atoms with Gasteiger partial charge in [0.1, 0.15) is 5.69 Å². The molecule has 0 unspecified atom stereocenters. The Morgan fingerprint density at radius 3 is 2.50 bits per heavy atom. The number of aromatic amines is 1. The zero-order chi connectivity index (χ0) is 14.9. The van der Waals surface area contributed by atoms with E-state index in [1.54, 1.807) is 0 Å². The molecule has 1 aromatic carbocycles. The minimum Gasteiger partial charge on any atom is -0.477 e. The van der Waals surface area contributed by atoms with Gasteiger partial charge in [-0.3, -0.25) is 9.82 Å². The van der Waals surface area contributed by atoms with Crippen molar-refractivity contribution in [1.29, 1.82) is 0 Å². The fourth-order valence-electron chi connectivity index (χ4n) is 1.32. The topological polar surface area (TPSA) is 112 Å². The molecule has 0 amide bonds. The Labute approximate surface area is 111 Å². The molecule has 106 valence electrons. The van der Waals surface area contributed by atoms with Gasteiger partial charge in [0.05, 0.1) is 4.90 Å². The molecule has 0 radical (unpaired) electrons. The fourth-order valence-corrected chi connectivity index (χ4v) is 2.33. The number of halogens is 2. The highest BCUT2D eigenvalue weighted by molar-refractivity contribution is 7.92. The quantitative estimate of drug-likeness (QED) is 0.785. The number of sulfonamides is 1. The summed E-state index contributed by atoms with van der Waals surface area (Å²) in [5.41, 5.74) is -0.326. The van der Waals surface area contributed by atoms with E-state index in [9.17, 15) is 22.0 Å². The number of rotatable bonds is 4. The van der Waals surface area contributed by atoms with Crippen LogP contribution in [0.4, 0.5) is 14.6 Å². The Hall–Kier alpha value is -2.49. The zero-order valence-corrected chi connectivity index (χ0v) is 10.4. The van der Waals surface area contributed by atoms with E-state index < -0.39 is 32.5 Å². The van der Waals surface area contributed by atoms with Crippen LogP contribution in [0.25, 0.3) is 0 Å². The van der Waals surface area contributed by atoms with Gasteiger partial charge in [0.2, 0.25) is 0 Å². The molecule has 1 aromatic heterocycles. The van der Waals surface area contributed by atoms with Crippen molar-refractivity contribution in [1.82, 2.24) is 10.2 Å². The van der Waals surface area contributed by atoms with E-state index in [-0.39, 0.29) is 11.5 Å². The number of aromatic nitrogens is 2. The molecule has 0 aliphatic heterocycles. The molecular weight excluding hydrogens is 296 g/mol. The van der Waals surface area contributed by atoms with Gasteiger partial charge in [-0.1, -0.05) is 0 Å². The molecule has 0 saturated heterocycles. The third kappa shape index (κ3) is 2.74. The molecule has 2 rings (SSSR count). The van der Waals surface area contributed by atoms with Crippen LogP contribution >= 0.6 is 0 Å². The lowest BCUT2D eigenvalue weighted by atomic mass is 10.3. The first-order valence-corrected chi connectivity index (χ1v) is 6.54. The van der Waals surface area contributed by atoms with Crippen molar-refractivity contribution >= 4 is 21.8 Å². The Morgan fingerprint density at radius 1 is 1.25 bits per heavy atom. The highest BCUT2D eigenvalue weighted by Crippen LogP contribution is 2.17. The Kier molecular flexibility index (Phi) is 3.40. The molecule has 0 saturated carbocycles. The number of anilines is 1. The number of benzene rings is 1. The number of nitrogens with zero attached hydrogens (tertiary/aromatic N) is 1. The van der Waals surface area contributed by atoms with Crippen LogP contribution in [0.5, 0.6) is 0 Å². The minimum absolute atomic E-state index is 0.285. The monoisotopic (exact) mass is 303 g/mol. The summed E-state index contributed by atoms with van der Waals surface area (Å²) in [6.45, 7) is 0. The van der Waals surface area contributed by atoms with Crippen molar-refractivity contribution in [2.45, 2.75) is 4.90 Å². The van der Waals surface area contributed by atoms with Crippen LogP contribution in [0.2, 0.25) is 0 Å². The SMILES string of the molecule is O=C(O)c1cc(NS(=O)(=O)c2ccc(F)c(F)c2)n[nH]1.